The number of hydrogen-bond acceptors (Lipinski definition) is 2. The topological polar surface area (TPSA) is 37.3 Å². The molecule has 1 N–H and O–H groups in total. The summed E-state index contributed by atoms with van der Waals surface area (Å²) in [6.45, 7) is 2.36. The third-order valence-electron chi connectivity index (χ3n) is 8.23. The summed E-state index contributed by atoms with van der Waals surface area (Å²) >= 11 is 0. The van der Waals surface area contributed by atoms with Crippen LogP contribution >= 0.6 is 0 Å². The van der Waals surface area contributed by atoms with Gasteiger partial charge >= 0.3 is 0 Å². The highest BCUT2D eigenvalue weighted by molar-refractivity contribution is 5.96. The highest BCUT2D eigenvalue weighted by Crippen LogP contribution is 2.54. The van der Waals surface area contributed by atoms with Gasteiger partial charge in [0.2, 0.25) is 0 Å². The molecule has 24 heavy (non-hydrogen) atoms. The molecule has 2 saturated carbocycles. The average molecular weight is 331 g/mol. The fraction of sp³-hybridized carbons (Fsp3) is 0.864. The first kappa shape index (κ1) is 16.8. The molecule has 0 aromatic rings. The van der Waals surface area contributed by atoms with E-state index in [0.717, 1.165) is 51.4 Å². The van der Waals surface area contributed by atoms with Crippen molar-refractivity contribution < 1.29 is 9.90 Å². The number of Topliss-reactive ketones (excluding diaryl/α,β-unsaturated/α-hetero) is 1. The highest BCUT2D eigenvalue weighted by Gasteiger charge is 2.49. The van der Waals surface area contributed by atoms with Crippen LogP contribution in [-0.4, -0.2) is 16.5 Å². The van der Waals surface area contributed by atoms with Crippen molar-refractivity contribution in [3.05, 3.63) is 11.1 Å². The van der Waals surface area contributed by atoms with Crippen LogP contribution < -0.4 is 0 Å². The molecule has 4 rings (SSSR count). The molecule has 0 aromatic heterocycles. The van der Waals surface area contributed by atoms with Crippen molar-refractivity contribution in [2.45, 2.75) is 102 Å². The monoisotopic (exact) mass is 330 g/mol. The van der Waals surface area contributed by atoms with Crippen LogP contribution in [0.25, 0.3) is 0 Å². The molecule has 2 fully saturated rings. The largest absolute Gasteiger partial charge is 0.389 e. The number of aliphatic hydroxyl groups is 1. The lowest BCUT2D eigenvalue weighted by Crippen LogP contribution is -2.47. The molecule has 3 atom stereocenters. The van der Waals surface area contributed by atoms with Crippen molar-refractivity contribution >= 4 is 5.78 Å². The minimum Gasteiger partial charge on any atom is -0.389 e. The molecule has 0 bridgehead atoms. The first-order chi connectivity index (χ1) is 11.5. The molecule has 0 heterocycles. The van der Waals surface area contributed by atoms with E-state index >= 15 is 0 Å². The van der Waals surface area contributed by atoms with Crippen molar-refractivity contribution in [1.29, 1.82) is 0 Å². The summed E-state index contributed by atoms with van der Waals surface area (Å²) in [5.41, 5.74) is 2.37. The van der Waals surface area contributed by atoms with Crippen LogP contribution in [0.4, 0.5) is 0 Å². The Balaban J connectivity index is 1.59. The van der Waals surface area contributed by atoms with Gasteiger partial charge in [-0.15, -0.1) is 0 Å². The zero-order valence-electron chi connectivity index (χ0n) is 15.4. The minimum atomic E-state index is -0.469. The summed E-state index contributed by atoms with van der Waals surface area (Å²) in [4.78, 5) is 12.4. The Morgan fingerprint density at radius 1 is 0.875 bits per heavy atom. The van der Waals surface area contributed by atoms with E-state index in [-0.39, 0.29) is 5.41 Å². The van der Waals surface area contributed by atoms with E-state index in [0.29, 0.717) is 17.6 Å². The molecule has 0 aromatic carbocycles. The summed E-state index contributed by atoms with van der Waals surface area (Å²) in [7, 11) is 0. The summed E-state index contributed by atoms with van der Waals surface area (Å²) in [5, 5.41) is 11.7. The summed E-state index contributed by atoms with van der Waals surface area (Å²) in [6, 6.07) is 0. The number of rotatable bonds is 1. The predicted molar refractivity (Wildman–Crippen MR) is 96.7 cm³/mol. The SMILES string of the molecule is CC1(C2(O)CCC3CCC(=O)C4=C(CCC4)C3CC2)CCCCC1. The summed E-state index contributed by atoms with van der Waals surface area (Å²) in [6.07, 6.45) is 15.6. The first-order valence-corrected chi connectivity index (χ1v) is 10.5. The summed E-state index contributed by atoms with van der Waals surface area (Å²) < 4.78 is 0. The zero-order chi connectivity index (χ0) is 16.8. The average Bonchev–Trinajstić information content (AvgIpc) is 2.94. The van der Waals surface area contributed by atoms with E-state index < -0.39 is 5.60 Å². The van der Waals surface area contributed by atoms with Crippen LogP contribution in [0.2, 0.25) is 0 Å². The van der Waals surface area contributed by atoms with Crippen LogP contribution in [0.5, 0.6) is 0 Å². The van der Waals surface area contributed by atoms with Crippen LogP contribution in [0.1, 0.15) is 96.8 Å². The number of allylic oxidation sites excluding steroid dienone is 2. The van der Waals surface area contributed by atoms with Crippen LogP contribution in [0, 0.1) is 17.3 Å². The number of hydrogen-bond donors (Lipinski definition) is 1. The van der Waals surface area contributed by atoms with E-state index in [1.807, 2.05) is 0 Å². The van der Waals surface area contributed by atoms with E-state index in [4.69, 9.17) is 0 Å². The van der Waals surface area contributed by atoms with E-state index in [2.05, 4.69) is 6.92 Å². The van der Waals surface area contributed by atoms with Gasteiger partial charge in [0.05, 0.1) is 5.60 Å². The van der Waals surface area contributed by atoms with Gasteiger partial charge in [0.1, 0.15) is 0 Å². The lowest BCUT2D eigenvalue weighted by Gasteiger charge is -2.47. The Kier molecular flexibility index (Phi) is 4.39. The maximum absolute atomic E-state index is 12.4. The van der Waals surface area contributed by atoms with Crippen molar-refractivity contribution in [1.82, 2.24) is 0 Å². The molecule has 2 nitrogen and oxygen atoms in total. The van der Waals surface area contributed by atoms with Crippen LogP contribution in [0.3, 0.4) is 0 Å². The van der Waals surface area contributed by atoms with E-state index in [1.54, 1.807) is 0 Å². The molecule has 134 valence electrons. The van der Waals surface area contributed by atoms with Gasteiger partial charge in [-0.1, -0.05) is 31.8 Å². The maximum Gasteiger partial charge on any atom is 0.158 e. The van der Waals surface area contributed by atoms with Crippen LogP contribution in [0.15, 0.2) is 11.1 Å². The minimum absolute atomic E-state index is 0.123. The molecule has 0 radical (unpaired) electrons. The zero-order valence-corrected chi connectivity index (χ0v) is 15.4. The van der Waals surface area contributed by atoms with Gasteiger partial charge in [-0.05, 0) is 87.0 Å². The van der Waals surface area contributed by atoms with E-state index in [9.17, 15) is 9.90 Å². The third kappa shape index (κ3) is 2.69. The van der Waals surface area contributed by atoms with Gasteiger partial charge in [0.15, 0.2) is 5.78 Å². The van der Waals surface area contributed by atoms with Crippen molar-refractivity contribution in [2.24, 2.45) is 17.3 Å². The second-order valence-electron chi connectivity index (χ2n) is 9.42. The molecular formula is C22H34O2. The number of ketones is 1. The van der Waals surface area contributed by atoms with Crippen molar-refractivity contribution in [2.75, 3.05) is 0 Å². The van der Waals surface area contributed by atoms with Gasteiger partial charge in [0.25, 0.3) is 0 Å². The number of carbonyl (C=O) groups is 1. The predicted octanol–water partition coefficient (Wildman–Crippen LogP) is 5.34. The van der Waals surface area contributed by atoms with Gasteiger partial charge in [-0.2, -0.15) is 0 Å². The summed E-state index contributed by atoms with van der Waals surface area (Å²) in [5.74, 6) is 1.68. The molecule has 0 saturated heterocycles. The maximum atomic E-state index is 12.4. The fourth-order valence-corrected chi connectivity index (χ4v) is 6.55. The van der Waals surface area contributed by atoms with Crippen molar-refractivity contribution in [3.8, 4) is 0 Å². The smallest absolute Gasteiger partial charge is 0.158 e. The number of carbonyl (C=O) groups excluding carboxylic acids is 1. The molecule has 0 amide bonds. The van der Waals surface area contributed by atoms with Gasteiger partial charge in [-0.25, -0.2) is 0 Å². The molecule has 4 aliphatic carbocycles. The Hall–Kier alpha value is -0.630. The fourth-order valence-electron chi connectivity index (χ4n) is 6.55. The Bertz CT molecular complexity index is 540. The molecule has 3 unspecified atom stereocenters. The Morgan fingerprint density at radius 3 is 2.42 bits per heavy atom. The first-order valence-electron chi connectivity index (χ1n) is 10.5. The van der Waals surface area contributed by atoms with Crippen molar-refractivity contribution in [3.63, 3.8) is 0 Å². The lowest BCUT2D eigenvalue weighted by atomic mass is 9.62. The highest BCUT2D eigenvalue weighted by atomic mass is 16.3. The second kappa shape index (κ2) is 6.27. The molecule has 0 aliphatic heterocycles. The molecular weight excluding hydrogens is 296 g/mol. The molecule has 2 heteroatoms. The van der Waals surface area contributed by atoms with Crippen LogP contribution in [-0.2, 0) is 4.79 Å². The van der Waals surface area contributed by atoms with Gasteiger partial charge in [-0.3, -0.25) is 4.79 Å². The van der Waals surface area contributed by atoms with Gasteiger partial charge < -0.3 is 5.11 Å². The van der Waals surface area contributed by atoms with Gasteiger partial charge in [0, 0.05) is 6.42 Å². The Morgan fingerprint density at radius 2 is 1.62 bits per heavy atom. The molecule has 0 spiro atoms. The second-order valence-corrected chi connectivity index (χ2v) is 9.42. The van der Waals surface area contributed by atoms with E-state index in [1.165, 1.54) is 49.7 Å². The normalized spacial score (nSPS) is 39.8. The standard InChI is InChI=1S/C22H34O2/c1-21(12-3-2-4-13-21)22(24)14-10-16-8-9-20(23)19-7-5-6-18(19)17(16)11-15-22/h16-17,24H,2-15H2,1H3. The quantitative estimate of drug-likeness (QED) is 0.705. The number of fused-ring (bicyclic) bond motifs is 2. The lowest BCUT2D eigenvalue weighted by molar-refractivity contribution is -0.115. The Labute approximate surface area is 147 Å². The third-order valence-corrected chi connectivity index (χ3v) is 8.23. The molecule has 4 aliphatic rings.